The summed E-state index contributed by atoms with van der Waals surface area (Å²) in [5.74, 6) is 0.710. The molecule has 2 heterocycles. The van der Waals surface area contributed by atoms with Gasteiger partial charge in [0.15, 0.2) is 0 Å². The lowest BCUT2D eigenvalue weighted by atomic mass is 10.1. The first-order valence-corrected chi connectivity index (χ1v) is 8.94. The van der Waals surface area contributed by atoms with Gasteiger partial charge in [-0.2, -0.15) is 5.10 Å². The number of benzene rings is 1. The van der Waals surface area contributed by atoms with Gasteiger partial charge < -0.3 is 10.2 Å². The van der Waals surface area contributed by atoms with E-state index in [0.29, 0.717) is 12.2 Å². The second-order valence-corrected chi connectivity index (χ2v) is 6.44. The zero-order chi connectivity index (χ0) is 16.6. The Bertz CT molecular complexity index is 630. The molecule has 2 aromatic rings. The first kappa shape index (κ1) is 16.7. The van der Waals surface area contributed by atoms with Crippen LogP contribution in [0, 0.1) is 0 Å². The molecular weight excluding hydrogens is 300 g/mol. The smallest absolute Gasteiger partial charge is 0.225 e. The van der Waals surface area contributed by atoms with Crippen molar-refractivity contribution in [3.8, 4) is 11.3 Å². The second kappa shape index (κ2) is 8.64. The molecule has 5 nitrogen and oxygen atoms in total. The molecule has 5 heteroatoms. The molecule has 1 saturated heterocycles. The number of carbonyl (C=O) groups is 1. The lowest BCUT2D eigenvalue weighted by Crippen LogP contribution is -2.26. The van der Waals surface area contributed by atoms with Crippen molar-refractivity contribution in [2.24, 2.45) is 0 Å². The summed E-state index contributed by atoms with van der Waals surface area (Å²) in [6.07, 6.45) is 6.74. The average molecular weight is 326 g/mol. The van der Waals surface area contributed by atoms with E-state index in [2.05, 4.69) is 20.4 Å². The number of anilines is 1. The van der Waals surface area contributed by atoms with Crippen LogP contribution in [0.5, 0.6) is 0 Å². The maximum atomic E-state index is 12.1. The third-order valence-electron chi connectivity index (χ3n) is 4.50. The van der Waals surface area contributed by atoms with Crippen LogP contribution in [0.2, 0.25) is 0 Å². The van der Waals surface area contributed by atoms with Crippen molar-refractivity contribution in [1.82, 2.24) is 15.1 Å². The van der Waals surface area contributed by atoms with Crippen LogP contribution in [0.15, 0.2) is 36.4 Å². The zero-order valence-corrected chi connectivity index (χ0v) is 14.1. The van der Waals surface area contributed by atoms with Crippen LogP contribution in [0.3, 0.4) is 0 Å². The van der Waals surface area contributed by atoms with Crippen LogP contribution in [0.1, 0.15) is 38.5 Å². The van der Waals surface area contributed by atoms with Crippen LogP contribution in [0.25, 0.3) is 11.3 Å². The summed E-state index contributed by atoms with van der Waals surface area (Å²) >= 11 is 0. The van der Waals surface area contributed by atoms with Gasteiger partial charge in [0.2, 0.25) is 5.91 Å². The first-order valence-electron chi connectivity index (χ1n) is 8.94. The van der Waals surface area contributed by atoms with Crippen LogP contribution >= 0.6 is 0 Å². The maximum absolute atomic E-state index is 12.1. The average Bonchev–Trinajstić information content (AvgIpc) is 2.90. The van der Waals surface area contributed by atoms with Crippen molar-refractivity contribution in [3.63, 3.8) is 0 Å². The van der Waals surface area contributed by atoms with Gasteiger partial charge in [-0.05, 0) is 38.9 Å². The number of likely N-dealkylation sites (tertiary alicyclic amines) is 1. The molecule has 1 fully saturated rings. The largest absolute Gasteiger partial charge is 0.311 e. The van der Waals surface area contributed by atoms with Gasteiger partial charge in [-0.25, -0.2) is 0 Å². The maximum Gasteiger partial charge on any atom is 0.225 e. The van der Waals surface area contributed by atoms with Gasteiger partial charge in [-0.15, -0.1) is 0 Å². The minimum Gasteiger partial charge on any atom is -0.311 e. The number of hydrogen-bond acceptors (Lipinski definition) is 3. The van der Waals surface area contributed by atoms with E-state index in [4.69, 9.17) is 0 Å². The summed E-state index contributed by atoms with van der Waals surface area (Å²) < 4.78 is 0. The van der Waals surface area contributed by atoms with Crippen LogP contribution in [-0.2, 0) is 4.79 Å². The van der Waals surface area contributed by atoms with E-state index < -0.39 is 0 Å². The fourth-order valence-electron chi connectivity index (χ4n) is 3.18. The molecule has 24 heavy (non-hydrogen) atoms. The number of amides is 1. The summed E-state index contributed by atoms with van der Waals surface area (Å²) in [4.78, 5) is 14.6. The SMILES string of the molecule is O=C(CCCN1CCCCCC1)Nc1cc(-c2ccccc2)n[nH]1. The molecular formula is C19H26N4O. The lowest BCUT2D eigenvalue weighted by Gasteiger charge is -2.19. The molecule has 0 atom stereocenters. The second-order valence-electron chi connectivity index (χ2n) is 6.44. The number of nitrogens with zero attached hydrogens (tertiary/aromatic N) is 2. The van der Waals surface area contributed by atoms with Gasteiger partial charge >= 0.3 is 0 Å². The number of carbonyl (C=O) groups excluding carboxylic acids is 1. The van der Waals surface area contributed by atoms with Crippen LogP contribution < -0.4 is 5.32 Å². The summed E-state index contributed by atoms with van der Waals surface area (Å²) in [5.41, 5.74) is 1.88. The predicted octanol–water partition coefficient (Wildman–Crippen LogP) is 3.67. The minimum absolute atomic E-state index is 0.0492. The molecule has 0 radical (unpaired) electrons. The number of nitrogens with one attached hydrogen (secondary N) is 2. The Morgan fingerprint density at radius 3 is 2.62 bits per heavy atom. The molecule has 1 aliphatic heterocycles. The Morgan fingerprint density at radius 1 is 1.12 bits per heavy atom. The highest BCUT2D eigenvalue weighted by Gasteiger charge is 2.10. The summed E-state index contributed by atoms with van der Waals surface area (Å²) in [7, 11) is 0. The zero-order valence-electron chi connectivity index (χ0n) is 14.1. The van der Waals surface area contributed by atoms with Crippen LogP contribution in [-0.4, -0.2) is 40.6 Å². The van der Waals surface area contributed by atoms with Crippen molar-refractivity contribution in [3.05, 3.63) is 36.4 Å². The molecule has 1 amide bonds. The molecule has 1 aliphatic rings. The lowest BCUT2D eigenvalue weighted by molar-refractivity contribution is -0.116. The van der Waals surface area contributed by atoms with Crippen molar-refractivity contribution >= 4 is 11.7 Å². The summed E-state index contributed by atoms with van der Waals surface area (Å²) in [6.45, 7) is 3.39. The van der Waals surface area contributed by atoms with Crippen molar-refractivity contribution in [2.75, 3.05) is 25.0 Å². The molecule has 0 spiro atoms. The highest BCUT2D eigenvalue weighted by atomic mass is 16.1. The van der Waals surface area contributed by atoms with E-state index in [1.807, 2.05) is 36.4 Å². The monoisotopic (exact) mass is 326 g/mol. The molecule has 0 bridgehead atoms. The fraction of sp³-hybridized carbons (Fsp3) is 0.474. The third kappa shape index (κ3) is 4.93. The number of hydrogen-bond donors (Lipinski definition) is 2. The van der Waals surface area contributed by atoms with Crippen LogP contribution in [0.4, 0.5) is 5.82 Å². The summed E-state index contributed by atoms with van der Waals surface area (Å²) in [5, 5.41) is 10.1. The van der Waals surface area contributed by atoms with Gasteiger partial charge in [-0.3, -0.25) is 9.89 Å². The van der Waals surface area contributed by atoms with E-state index in [-0.39, 0.29) is 5.91 Å². The van der Waals surface area contributed by atoms with Gasteiger partial charge in [0.1, 0.15) is 5.82 Å². The molecule has 0 aliphatic carbocycles. The Labute approximate surface area is 143 Å². The number of rotatable bonds is 6. The Balaban J connectivity index is 1.43. The Hall–Kier alpha value is -2.14. The molecule has 128 valence electrons. The van der Waals surface area contributed by atoms with Crippen molar-refractivity contribution in [1.29, 1.82) is 0 Å². The Kier molecular flexibility index (Phi) is 6.01. The first-order chi connectivity index (χ1) is 11.8. The van der Waals surface area contributed by atoms with Crippen molar-refractivity contribution < 1.29 is 4.79 Å². The van der Waals surface area contributed by atoms with Gasteiger partial charge in [-0.1, -0.05) is 43.2 Å². The third-order valence-corrected chi connectivity index (χ3v) is 4.50. The topological polar surface area (TPSA) is 61.0 Å². The van der Waals surface area contributed by atoms with E-state index in [0.717, 1.165) is 24.2 Å². The number of aromatic nitrogens is 2. The van der Waals surface area contributed by atoms with Gasteiger partial charge in [0.25, 0.3) is 0 Å². The molecule has 0 saturated carbocycles. The predicted molar refractivity (Wildman–Crippen MR) is 96.8 cm³/mol. The van der Waals surface area contributed by atoms with E-state index in [1.165, 1.54) is 38.8 Å². The van der Waals surface area contributed by atoms with E-state index >= 15 is 0 Å². The normalized spacial score (nSPS) is 15.8. The Morgan fingerprint density at radius 2 is 1.88 bits per heavy atom. The molecule has 3 rings (SSSR count). The quantitative estimate of drug-likeness (QED) is 0.851. The standard InChI is InChI=1S/C19H26N4O/c24-19(11-8-14-23-12-6-1-2-7-13-23)20-18-15-17(21-22-18)16-9-4-3-5-10-16/h3-5,9-10,15H,1-2,6-8,11-14H2,(H2,20,21,22,24). The van der Waals surface area contributed by atoms with E-state index in [9.17, 15) is 4.79 Å². The van der Waals surface area contributed by atoms with E-state index in [1.54, 1.807) is 0 Å². The summed E-state index contributed by atoms with van der Waals surface area (Å²) in [6, 6.07) is 11.8. The highest BCUT2D eigenvalue weighted by Crippen LogP contribution is 2.19. The van der Waals surface area contributed by atoms with Gasteiger partial charge in [0, 0.05) is 18.1 Å². The fourth-order valence-corrected chi connectivity index (χ4v) is 3.18. The van der Waals surface area contributed by atoms with Gasteiger partial charge in [0.05, 0.1) is 5.69 Å². The number of H-pyrrole nitrogens is 1. The molecule has 1 aromatic heterocycles. The highest BCUT2D eigenvalue weighted by molar-refractivity contribution is 5.90. The molecule has 2 N–H and O–H groups in total. The number of aromatic amines is 1. The van der Waals surface area contributed by atoms with Crippen molar-refractivity contribution in [2.45, 2.75) is 38.5 Å². The molecule has 0 unspecified atom stereocenters. The molecule has 1 aromatic carbocycles. The minimum atomic E-state index is 0.0492.